The van der Waals surface area contributed by atoms with Crippen LogP contribution in [0.3, 0.4) is 0 Å². The topological polar surface area (TPSA) is 83.8 Å². The second-order valence-corrected chi connectivity index (χ2v) is 6.21. The number of thiophene rings is 1. The lowest BCUT2D eigenvalue weighted by molar-refractivity contribution is 0.0947. The van der Waals surface area contributed by atoms with Gasteiger partial charge in [0.25, 0.3) is 5.91 Å². The predicted molar refractivity (Wildman–Crippen MR) is 82.0 cm³/mol. The number of aromatic amines is 1. The van der Waals surface area contributed by atoms with Crippen LogP contribution < -0.4 is 11.1 Å². The summed E-state index contributed by atoms with van der Waals surface area (Å²) in [4.78, 5) is 14.5. The summed E-state index contributed by atoms with van der Waals surface area (Å²) in [5.74, 6) is -0.0226. The van der Waals surface area contributed by atoms with E-state index in [4.69, 9.17) is 5.73 Å². The number of aryl methyl sites for hydroxylation is 1. The first-order chi connectivity index (χ1) is 9.52. The average Bonchev–Trinajstić information content (AvgIpc) is 3.02. The van der Waals surface area contributed by atoms with Crippen LogP contribution in [0.2, 0.25) is 0 Å². The summed E-state index contributed by atoms with van der Waals surface area (Å²) in [5, 5.41) is 9.70. The van der Waals surface area contributed by atoms with E-state index in [1.54, 1.807) is 11.3 Å². The molecule has 2 heterocycles. The number of nitrogen functional groups attached to an aromatic ring is 1. The zero-order valence-electron chi connectivity index (χ0n) is 12.0. The molecule has 0 aliphatic heterocycles. The van der Waals surface area contributed by atoms with Crippen LogP contribution in [0.15, 0.2) is 12.1 Å². The number of aromatic nitrogens is 2. The van der Waals surface area contributed by atoms with E-state index in [0.29, 0.717) is 12.2 Å². The molecule has 6 heteroatoms. The molecule has 0 spiro atoms. The summed E-state index contributed by atoms with van der Waals surface area (Å²) >= 11 is 1.71. The first-order valence-electron chi connectivity index (χ1n) is 6.72. The van der Waals surface area contributed by atoms with Crippen molar-refractivity contribution in [2.24, 2.45) is 0 Å². The van der Waals surface area contributed by atoms with Crippen molar-refractivity contribution < 1.29 is 4.79 Å². The zero-order chi connectivity index (χ0) is 14.7. The van der Waals surface area contributed by atoms with Gasteiger partial charge < -0.3 is 11.1 Å². The predicted octanol–water partition coefficient (Wildman–Crippen LogP) is 2.67. The minimum atomic E-state index is -0.239. The molecule has 0 aromatic carbocycles. The van der Waals surface area contributed by atoms with Gasteiger partial charge in [-0.15, -0.1) is 11.3 Å². The van der Waals surface area contributed by atoms with Crippen molar-refractivity contribution in [2.45, 2.75) is 39.7 Å². The lowest BCUT2D eigenvalue weighted by atomic mass is 10.1. The lowest BCUT2D eigenvalue weighted by Crippen LogP contribution is -2.23. The number of nitrogens with zero attached hydrogens (tertiary/aromatic N) is 1. The van der Waals surface area contributed by atoms with Crippen molar-refractivity contribution in [2.75, 3.05) is 5.73 Å². The molecular weight excluding hydrogens is 272 g/mol. The number of anilines is 1. The number of carbonyl (C=O) groups excluding carboxylic acids is 1. The Morgan fingerprint density at radius 2 is 2.15 bits per heavy atom. The normalized spacial score (nSPS) is 11.0. The second kappa shape index (κ2) is 6.09. The molecule has 0 saturated carbocycles. The van der Waals surface area contributed by atoms with Gasteiger partial charge >= 0.3 is 0 Å². The van der Waals surface area contributed by atoms with Gasteiger partial charge in [0.1, 0.15) is 0 Å². The average molecular weight is 292 g/mol. The first kappa shape index (κ1) is 14.6. The van der Waals surface area contributed by atoms with Crippen molar-refractivity contribution in [3.63, 3.8) is 0 Å². The maximum atomic E-state index is 12.1. The maximum absolute atomic E-state index is 12.1. The molecular formula is C14H20N4OS. The Kier molecular flexibility index (Phi) is 4.44. The van der Waals surface area contributed by atoms with Gasteiger partial charge in [0, 0.05) is 9.75 Å². The summed E-state index contributed by atoms with van der Waals surface area (Å²) in [6.45, 7) is 6.63. The molecule has 0 unspecified atom stereocenters. The van der Waals surface area contributed by atoms with E-state index in [1.165, 1.54) is 4.88 Å². The van der Waals surface area contributed by atoms with E-state index >= 15 is 0 Å². The van der Waals surface area contributed by atoms with E-state index in [-0.39, 0.29) is 17.5 Å². The van der Waals surface area contributed by atoms with Crippen molar-refractivity contribution in [1.82, 2.24) is 15.5 Å². The van der Waals surface area contributed by atoms with Gasteiger partial charge in [0.2, 0.25) is 0 Å². The molecule has 1 amide bonds. The van der Waals surface area contributed by atoms with Crippen LogP contribution in [0.25, 0.3) is 0 Å². The number of hydrogen-bond acceptors (Lipinski definition) is 4. The molecule has 0 bridgehead atoms. The van der Waals surface area contributed by atoms with Crippen LogP contribution in [0.1, 0.15) is 52.6 Å². The fourth-order valence-electron chi connectivity index (χ4n) is 1.94. The molecule has 5 nitrogen and oxygen atoms in total. The van der Waals surface area contributed by atoms with Gasteiger partial charge in [-0.3, -0.25) is 9.89 Å². The van der Waals surface area contributed by atoms with Gasteiger partial charge in [-0.1, -0.05) is 20.8 Å². The third kappa shape index (κ3) is 3.01. The van der Waals surface area contributed by atoms with Crippen LogP contribution in [0, 0.1) is 0 Å². The van der Waals surface area contributed by atoms with Crippen LogP contribution in [0.4, 0.5) is 5.69 Å². The third-order valence-electron chi connectivity index (χ3n) is 3.11. The van der Waals surface area contributed by atoms with Gasteiger partial charge in [-0.25, -0.2) is 0 Å². The number of nitrogens with one attached hydrogen (secondary N) is 2. The van der Waals surface area contributed by atoms with Crippen LogP contribution in [-0.4, -0.2) is 16.1 Å². The Morgan fingerprint density at radius 1 is 1.45 bits per heavy atom. The summed E-state index contributed by atoms with van der Waals surface area (Å²) < 4.78 is 0. The highest BCUT2D eigenvalue weighted by atomic mass is 32.1. The molecule has 2 rings (SSSR count). The highest BCUT2D eigenvalue weighted by molar-refractivity contribution is 7.11. The van der Waals surface area contributed by atoms with E-state index < -0.39 is 0 Å². The van der Waals surface area contributed by atoms with Gasteiger partial charge in [-0.05, 0) is 24.5 Å². The Bertz CT molecular complexity index is 600. The summed E-state index contributed by atoms with van der Waals surface area (Å²) in [6, 6.07) is 4.13. The molecule has 4 N–H and O–H groups in total. The lowest BCUT2D eigenvalue weighted by Gasteiger charge is -2.04. The van der Waals surface area contributed by atoms with Crippen LogP contribution in [0.5, 0.6) is 0 Å². The Balaban J connectivity index is 2.01. The standard InChI is InChI=1S/C14H20N4OS/c1-4-9-5-6-10(20-9)7-16-14(19)13-11(15)12(8(2)3)17-18-13/h5-6,8H,4,7,15H2,1-3H3,(H,16,19)(H,17,18). The molecule has 0 aliphatic rings. The molecule has 0 atom stereocenters. The smallest absolute Gasteiger partial charge is 0.274 e. The summed E-state index contributed by atoms with van der Waals surface area (Å²) in [5.41, 5.74) is 7.47. The fourth-order valence-corrected chi connectivity index (χ4v) is 2.83. The molecule has 0 aliphatic carbocycles. The van der Waals surface area contributed by atoms with Crippen molar-refractivity contribution in [3.05, 3.63) is 33.3 Å². The van der Waals surface area contributed by atoms with Gasteiger partial charge in [-0.2, -0.15) is 5.10 Å². The van der Waals surface area contributed by atoms with E-state index in [2.05, 4.69) is 28.5 Å². The van der Waals surface area contributed by atoms with Crippen molar-refractivity contribution in [1.29, 1.82) is 0 Å². The van der Waals surface area contributed by atoms with Gasteiger partial charge in [0.05, 0.1) is 17.9 Å². The highest BCUT2D eigenvalue weighted by Gasteiger charge is 2.18. The number of nitrogens with two attached hydrogens (primary N) is 1. The quantitative estimate of drug-likeness (QED) is 0.792. The SMILES string of the molecule is CCc1ccc(CNC(=O)c2n[nH]c(C(C)C)c2N)s1. The Morgan fingerprint density at radius 3 is 2.70 bits per heavy atom. The molecule has 0 saturated heterocycles. The van der Waals surface area contributed by atoms with Crippen molar-refractivity contribution >= 4 is 22.9 Å². The minimum Gasteiger partial charge on any atom is -0.395 e. The largest absolute Gasteiger partial charge is 0.395 e. The Labute approximate surface area is 122 Å². The van der Waals surface area contributed by atoms with Crippen LogP contribution in [-0.2, 0) is 13.0 Å². The van der Waals surface area contributed by atoms with Gasteiger partial charge in [0.15, 0.2) is 5.69 Å². The van der Waals surface area contributed by atoms with E-state index in [0.717, 1.165) is 17.0 Å². The molecule has 108 valence electrons. The van der Waals surface area contributed by atoms with E-state index in [9.17, 15) is 4.79 Å². The van der Waals surface area contributed by atoms with Crippen molar-refractivity contribution in [3.8, 4) is 0 Å². The summed E-state index contributed by atoms with van der Waals surface area (Å²) in [6.07, 6.45) is 1.02. The summed E-state index contributed by atoms with van der Waals surface area (Å²) in [7, 11) is 0. The number of hydrogen-bond donors (Lipinski definition) is 3. The number of rotatable bonds is 5. The van der Waals surface area contributed by atoms with E-state index in [1.807, 2.05) is 19.9 Å². The molecule has 0 radical (unpaired) electrons. The molecule has 20 heavy (non-hydrogen) atoms. The first-order valence-corrected chi connectivity index (χ1v) is 7.54. The number of amides is 1. The highest BCUT2D eigenvalue weighted by Crippen LogP contribution is 2.22. The third-order valence-corrected chi connectivity index (χ3v) is 4.34. The number of carbonyl (C=O) groups is 1. The molecule has 2 aromatic rings. The maximum Gasteiger partial charge on any atom is 0.274 e. The fraction of sp³-hybridized carbons (Fsp3) is 0.429. The number of H-pyrrole nitrogens is 1. The van der Waals surface area contributed by atoms with Crippen LogP contribution >= 0.6 is 11.3 Å². The minimum absolute atomic E-state index is 0.216. The second-order valence-electron chi connectivity index (χ2n) is 4.96. The Hall–Kier alpha value is -1.82. The monoisotopic (exact) mass is 292 g/mol. The zero-order valence-corrected chi connectivity index (χ0v) is 12.8. The molecule has 2 aromatic heterocycles. The molecule has 0 fully saturated rings.